The molecule has 0 saturated carbocycles. The number of benzene rings is 3. The fraction of sp³-hybridized carbons (Fsp3) is 0.241. The van der Waals surface area contributed by atoms with E-state index < -0.39 is 5.41 Å². The predicted octanol–water partition coefficient (Wildman–Crippen LogP) is 6.93. The first-order valence-corrected chi connectivity index (χ1v) is 11.5. The molecule has 0 saturated heterocycles. The Labute approximate surface area is 192 Å². The van der Waals surface area contributed by atoms with Crippen molar-refractivity contribution in [3.8, 4) is 11.3 Å². The largest absolute Gasteiger partial charge is 0.507 e. The number of Topliss-reactive ketones (excluding diaryl/α,β-unsaturated/α-hetero) is 1. The molecule has 1 heterocycles. The van der Waals surface area contributed by atoms with Gasteiger partial charge in [0, 0.05) is 17.2 Å². The molecule has 3 aromatic carbocycles. The van der Waals surface area contributed by atoms with Gasteiger partial charge < -0.3 is 9.52 Å². The zero-order valence-electron chi connectivity index (χ0n) is 19.1. The van der Waals surface area contributed by atoms with E-state index in [0.717, 1.165) is 27.1 Å². The molecule has 0 aliphatic heterocycles. The minimum absolute atomic E-state index is 0.129. The lowest BCUT2D eigenvalue weighted by Crippen LogP contribution is -2.41. The molecule has 0 bridgehead atoms. The summed E-state index contributed by atoms with van der Waals surface area (Å²) in [6.07, 6.45) is 1.33. The van der Waals surface area contributed by atoms with Crippen LogP contribution in [-0.2, 0) is 10.2 Å². The van der Waals surface area contributed by atoms with Gasteiger partial charge in [-0.3, -0.25) is 9.59 Å². The highest BCUT2D eigenvalue weighted by molar-refractivity contribution is 6.14. The first-order valence-electron chi connectivity index (χ1n) is 11.5. The van der Waals surface area contributed by atoms with Crippen molar-refractivity contribution in [1.82, 2.24) is 0 Å². The maximum Gasteiger partial charge on any atom is 0.196 e. The summed E-state index contributed by atoms with van der Waals surface area (Å²) in [5.74, 6) is 0.307. The summed E-state index contributed by atoms with van der Waals surface area (Å²) in [7, 11) is 0. The van der Waals surface area contributed by atoms with Crippen molar-refractivity contribution in [1.29, 1.82) is 0 Å². The van der Waals surface area contributed by atoms with Gasteiger partial charge in [-0.15, -0.1) is 0 Å². The van der Waals surface area contributed by atoms with Gasteiger partial charge in [-0.1, -0.05) is 69.3 Å². The van der Waals surface area contributed by atoms with Crippen molar-refractivity contribution in [2.45, 2.75) is 45.4 Å². The van der Waals surface area contributed by atoms with Crippen molar-refractivity contribution in [2.75, 3.05) is 0 Å². The topological polar surface area (TPSA) is 67.5 Å². The predicted molar refractivity (Wildman–Crippen MR) is 133 cm³/mol. The standard InChI is InChI=1S/C29H26O4/c1-4-18-26(31)25-23(30)16-24(33-28(25)29(5-2,6-3)27(18)32)22-15-17-11-7-8-12-19(17)20-13-9-10-14-21(20)22/h7-16,31H,4-6H2,1-3H3. The molecule has 4 heteroatoms. The molecule has 1 aromatic heterocycles. The zero-order chi connectivity index (χ0) is 23.3. The minimum Gasteiger partial charge on any atom is -0.507 e. The van der Waals surface area contributed by atoms with E-state index in [9.17, 15) is 14.7 Å². The van der Waals surface area contributed by atoms with Crippen LogP contribution in [0.2, 0.25) is 0 Å². The number of fused-ring (bicyclic) bond motifs is 4. The third-order valence-corrected chi connectivity index (χ3v) is 7.21. The van der Waals surface area contributed by atoms with E-state index in [1.807, 2.05) is 63.2 Å². The van der Waals surface area contributed by atoms with Gasteiger partial charge in [-0.05, 0) is 46.9 Å². The van der Waals surface area contributed by atoms with Crippen molar-refractivity contribution in [3.63, 3.8) is 0 Å². The van der Waals surface area contributed by atoms with Gasteiger partial charge in [-0.25, -0.2) is 0 Å². The van der Waals surface area contributed by atoms with Crippen molar-refractivity contribution in [3.05, 3.63) is 87.8 Å². The molecule has 0 amide bonds. The second-order valence-electron chi connectivity index (χ2n) is 8.67. The first kappa shape index (κ1) is 21.2. The van der Waals surface area contributed by atoms with Crippen molar-refractivity contribution >= 4 is 33.1 Å². The quantitative estimate of drug-likeness (QED) is 0.351. The normalized spacial score (nSPS) is 15.3. The van der Waals surface area contributed by atoms with E-state index in [2.05, 4.69) is 12.1 Å². The fourth-order valence-electron chi connectivity index (χ4n) is 5.32. The summed E-state index contributed by atoms with van der Waals surface area (Å²) in [6, 6.07) is 19.6. The Morgan fingerprint density at radius 2 is 1.48 bits per heavy atom. The molecule has 1 aliphatic rings. The number of carbonyl (C=O) groups is 1. The summed E-state index contributed by atoms with van der Waals surface area (Å²) in [5, 5.41) is 15.1. The van der Waals surface area contributed by atoms with Crippen LogP contribution in [0.1, 0.15) is 51.4 Å². The van der Waals surface area contributed by atoms with Crippen molar-refractivity contribution in [2.24, 2.45) is 0 Å². The molecule has 0 unspecified atom stereocenters. The number of hydrogen-bond acceptors (Lipinski definition) is 4. The average Bonchev–Trinajstić information content (AvgIpc) is 2.84. The molecule has 4 nitrogen and oxygen atoms in total. The monoisotopic (exact) mass is 438 g/mol. The van der Waals surface area contributed by atoms with Crippen LogP contribution in [0.25, 0.3) is 38.6 Å². The highest BCUT2D eigenvalue weighted by Crippen LogP contribution is 2.45. The van der Waals surface area contributed by atoms with Gasteiger partial charge in [0.1, 0.15) is 22.8 Å². The number of hydrogen-bond donors (Lipinski definition) is 1. The Bertz CT molecular complexity index is 1520. The lowest BCUT2D eigenvalue weighted by molar-refractivity contribution is -0.122. The Hall–Kier alpha value is -3.66. The maximum absolute atomic E-state index is 13.5. The minimum atomic E-state index is -0.964. The maximum atomic E-state index is 13.5. The van der Waals surface area contributed by atoms with E-state index in [-0.39, 0.29) is 28.3 Å². The molecule has 0 atom stereocenters. The molecular weight excluding hydrogens is 412 g/mol. The lowest BCUT2D eigenvalue weighted by atomic mass is 9.68. The van der Waals surface area contributed by atoms with E-state index in [1.54, 1.807) is 0 Å². The zero-order valence-corrected chi connectivity index (χ0v) is 19.1. The Morgan fingerprint density at radius 1 is 0.848 bits per heavy atom. The Morgan fingerprint density at radius 3 is 2.15 bits per heavy atom. The molecular formula is C29H26O4. The van der Waals surface area contributed by atoms with E-state index in [1.165, 1.54) is 6.07 Å². The summed E-state index contributed by atoms with van der Waals surface area (Å²) in [5.41, 5.74) is -0.0611. The van der Waals surface area contributed by atoms with E-state index in [4.69, 9.17) is 4.42 Å². The fourth-order valence-corrected chi connectivity index (χ4v) is 5.32. The smallest absolute Gasteiger partial charge is 0.196 e. The summed E-state index contributed by atoms with van der Waals surface area (Å²) >= 11 is 0. The van der Waals surface area contributed by atoms with Gasteiger partial charge in [0.15, 0.2) is 11.2 Å². The van der Waals surface area contributed by atoms with Crippen LogP contribution in [0.15, 0.2) is 75.4 Å². The molecule has 4 aromatic rings. The number of aliphatic hydroxyl groups excluding tert-OH is 1. The second-order valence-corrected chi connectivity index (χ2v) is 8.67. The second kappa shape index (κ2) is 7.73. The third kappa shape index (κ3) is 2.90. The van der Waals surface area contributed by atoms with Gasteiger partial charge >= 0.3 is 0 Å². The number of rotatable bonds is 4. The summed E-state index contributed by atoms with van der Waals surface area (Å²) in [4.78, 5) is 26.9. The summed E-state index contributed by atoms with van der Waals surface area (Å²) < 4.78 is 6.44. The molecule has 0 fully saturated rings. The van der Waals surface area contributed by atoms with Crippen molar-refractivity contribution < 1.29 is 14.3 Å². The van der Waals surface area contributed by atoms with Gasteiger partial charge in [0.2, 0.25) is 0 Å². The highest BCUT2D eigenvalue weighted by Gasteiger charge is 2.48. The molecule has 1 N–H and O–H groups in total. The van der Waals surface area contributed by atoms with Gasteiger partial charge in [-0.2, -0.15) is 0 Å². The van der Waals surface area contributed by atoms with Crippen LogP contribution < -0.4 is 5.43 Å². The van der Waals surface area contributed by atoms with Crippen LogP contribution >= 0.6 is 0 Å². The van der Waals surface area contributed by atoms with Crippen LogP contribution in [0, 0.1) is 0 Å². The van der Waals surface area contributed by atoms with Gasteiger partial charge in [0.05, 0.1) is 5.41 Å². The number of ketones is 1. The number of carbonyl (C=O) groups excluding carboxylic acids is 1. The van der Waals surface area contributed by atoms with Crippen LogP contribution in [0.5, 0.6) is 0 Å². The van der Waals surface area contributed by atoms with E-state index in [0.29, 0.717) is 30.6 Å². The molecule has 0 spiro atoms. The number of aliphatic hydroxyl groups is 1. The lowest BCUT2D eigenvalue weighted by Gasteiger charge is -2.35. The molecule has 5 rings (SSSR count). The van der Waals surface area contributed by atoms with Crippen LogP contribution in [-0.4, -0.2) is 10.9 Å². The average molecular weight is 439 g/mol. The highest BCUT2D eigenvalue weighted by atomic mass is 16.3. The molecule has 166 valence electrons. The SMILES string of the molecule is CCC1=C(O)c2c(oc(-c3cc4ccccc4c4ccccc34)cc2=O)C(CC)(CC)C1=O. The number of allylic oxidation sites excluding steroid dienone is 1. The molecule has 0 radical (unpaired) electrons. The molecule has 33 heavy (non-hydrogen) atoms. The Balaban J connectivity index is 1.89. The third-order valence-electron chi connectivity index (χ3n) is 7.21. The molecule has 1 aliphatic carbocycles. The Kier molecular flexibility index (Phi) is 4.97. The first-order chi connectivity index (χ1) is 16.0. The van der Waals surface area contributed by atoms with E-state index >= 15 is 0 Å². The van der Waals surface area contributed by atoms with Crippen LogP contribution in [0.3, 0.4) is 0 Å². The summed E-state index contributed by atoms with van der Waals surface area (Å²) in [6.45, 7) is 5.68. The van der Waals surface area contributed by atoms with Crippen LogP contribution in [0.4, 0.5) is 0 Å². The van der Waals surface area contributed by atoms with Gasteiger partial charge in [0.25, 0.3) is 0 Å².